The summed E-state index contributed by atoms with van der Waals surface area (Å²) in [6.07, 6.45) is 0. The summed E-state index contributed by atoms with van der Waals surface area (Å²) in [6.45, 7) is 3.02. The fourth-order valence-electron chi connectivity index (χ4n) is 1.14. The molecule has 0 unspecified atom stereocenters. The van der Waals surface area contributed by atoms with E-state index in [-0.39, 0.29) is 11.3 Å². The number of amides is 2. The van der Waals surface area contributed by atoms with Crippen molar-refractivity contribution in [2.45, 2.75) is 19.4 Å². The maximum absolute atomic E-state index is 11.9. The molecule has 0 saturated carbocycles. The number of carbonyl (C=O) groups excluding carboxylic acids is 2. The molecule has 5 nitrogen and oxygen atoms in total. The minimum Gasteiger partial charge on any atom is -0.398 e. The number of anilines is 1. The van der Waals surface area contributed by atoms with Gasteiger partial charge in [0, 0.05) is 10.7 Å². The van der Waals surface area contributed by atoms with E-state index in [1.54, 1.807) is 6.07 Å². The molecule has 2 amide bonds. The third-order valence-corrected chi connectivity index (χ3v) is 2.54. The van der Waals surface area contributed by atoms with Crippen LogP contribution in [0.1, 0.15) is 24.2 Å². The normalized spacial score (nSPS) is 11.0. The number of nitrogens with two attached hydrogens (primary N) is 2. The van der Waals surface area contributed by atoms with E-state index in [9.17, 15) is 9.59 Å². The van der Waals surface area contributed by atoms with Crippen LogP contribution in [0.4, 0.5) is 5.69 Å². The van der Waals surface area contributed by atoms with E-state index in [1.165, 1.54) is 26.0 Å². The van der Waals surface area contributed by atoms with Gasteiger partial charge in [0.05, 0.1) is 5.56 Å². The van der Waals surface area contributed by atoms with Crippen LogP contribution in [0, 0.1) is 0 Å². The van der Waals surface area contributed by atoms with Crippen LogP contribution in [-0.2, 0) is 4.79 Å². The highest BCUT2D eigenvalue weighted by molar-refractivity contribution is 6.31. The fourth-order valence-corrected chi connectivity index (χ4v) is 1.31. The van der Waals surface area contributed by atoms with Crippen molar-refractivity contribution in [3.8, 4) is 0 Å². The van der Waals surface area contributed by atoms with Crippen molar-refractivity contribution >= 4 is 29.1 Å². The van der Waals surface area contributed by atoms with E-state index in [0.29, 0.717) is 5.02 Å². The molecule has 0 heterocycles. The zero-order valence-electron chi connectivity index (χ0n) is 9.58. The number of primary amides is 1. The van der Waals surface area contributed by atoms with Crippen molar-refractivity contribution in [1.82, 2.24) is 5.32 Å². The smallest absolute Gasteiger partial charge is 0.254 e. The Bertz CT molecular complexity index is 472. The van der Waals surface area contributed by atoms with Gasteiger partial charge in [0.1, 0.15) is 5.54 Å². The van der Waals surface area contributed by atoms with E-state index >= 15 is 0 Å². The molecule has 0 saturated heterocycles. The highest BCUT2D eigenvalue weighted by Crippen LogP contribution is 2.18. The molecule has 0 atom stereocenters. The predicted octanol–water partition coefficient (Wildman–Crippen LogP) is 0.916. The Kier molecular flexibility index (Phi) is 3.63. The average molecular weight is 256 g/mol. The molecule has 0 fully saturated rings. The molecule has 17 heavy (non-hydrogen) atoms. The molecule has 6 heteroatoms. The van der Waals surface area contributed by atoms with E-state index in [0.717, 1.165) is 0 Å². The van der Waals surface area contributed by atoms with Gasteiger partial charge in [-0.2, -0.15) is 0 Å². The molecule has 0 aliphatic carbocycles. The van der Waals surface area contributed by atoms with Crippen molar-refractivity contribution in [2.24, 2.45) is 5.73 Å². The number of rotatable bonds is 3. The van der Waals surface area contributed by atoms with Gasteiger partial charge in [-0.3, -0.25) is 9.59 Å². The van der Waals surface area contributed by atoms with Crippen molar-refractivity contribution in [1.29, 1.82) is 0 Å². The number of carbonyl (C=O) groups is 2. The molecule has 0 aliphatic heterocycles. The summed E-state index contributed by atoms with van der Waals surface area (Å²) >= 11 is 5.77. The molecule has 1 rings (SSSR count). The standard InChI is InChI=1S/C11H14ClN3O2/c1-11(2,10(14)17)15-9(16)7-5-6(12)3-4-8(7)13/h3-5H,13H2,1-2H3,(H2,14,17)(H,15,16). The highest BCUT2D eigenvalue weighted by atomic mass is 35.5. The van der Waals surface area contributed by atoms with Crippen molar-refractivity contribution in [3.05, 3.63) is 28.8 Å². The first-order chi connectivity index (χ1) is 7.74. The van der Waals surface area contributed by atoms with Crippen LogP contribution < -0.4 is 16.8 Å². The van der Waals surface area contributed by atoms with Crippen LogP contribution in [0.15, 0.2) is 18.2 Å². The third kappa shape index (κ3) is 3.10. The molecule has 0 radical (unpaired) electrons. The van der Waals surface area contributed by atoms with Gasteiger partial charge in [-0.05, 0) is 32.0 Å². The maximum atomic E-state index is 11.9. The second-order valence-corrected chi connectivity index (χ2v) is 4.61. The quantitative estimate of drug-likeness (QED) is 0.701. The second kappa shape index (κ2) is 4.63. The molecule has 92 valence electrons. The second-order valence-electron chi connectivity index (χ2n) is 4.17. The third-order valence-electron chi connectivity index (χ3n) is 2.30. The molecular formula is C11H14ClN3O2. The van der Waals surface area contributed by atoms with Crippen LogP contribution in [-0.4, -0.2) is 17.4 Å². The maximum Gasteiger partial charge on any atom is 0.254 e. The number of hydrogen-bond donors (Lipinski definition) is 3. The molecule has 0 spiro atoms. The van der Waals surface area contributed by atoms with Crippen molar-refractivity contribution in [2.75, 3.05) is 5.73 Å². The van der Waals surface area contributed by atoms with Crippen LogP contribution in [0.5, 0.6) is 0 Å². The van der Waals surface area contributed by atoms with Gasteiger partial charge in [-0.15, -0.1) is 0 Å². The lowest BCUT2D eigenvalue weighted by atomic mass is 10.0. The summed E-state index contributed by atoms with van der Waals surface area (Å²) in [5.41, 5.74) is 10.2. The Hall–Kier alpha value is -1.75. The molecular weight excluding hydrogens is 242 g/mol. The molecule has 0 aliphatic rings. The van der Waals surface area contributed by atoms with Gasteiger partial charge in [0.15, 0.2) is 0 Å². The molecule has 1 aromatic carbocycles. The van der Waals surface area contributed by atoms with Crippen LogP contribution in [0.3, 0.4) is 0 Å². The summed E-state index contributed by atoms with van der Waals surface area (Å²) in [5.74, 6) is -1.12. The minimum atomic E-state index is -1.15. The van der Waals surface area contributed by atoms with Gasteiger partial charge in [-0.25, -0.2) is 0 Å². The Morgan fingerprint density at radius 1 is 1.35 bits per heavy atom. The zero-order valence-corrected chi connectivity index (χ0v) is 10.3. The predicted molar refractivity (Wildman–Crippen MR) is 66.6 cm³/mol. The first-order valence-corrected chi connectivity index (χ1v) is 5.29. The van der Waals surface area contributed by atoms with E-state index in [2.05, 4.69) is 5.32 Å². The van der Waals surface area contributed by atoms with Crippen LogP contribution in [0.2, 0.25) is 5.02 Å². The Balaban J connectivity index is 2.98. The molecule has 0 bridgehead atoms. The Morgan fingerprint density at radius 3 is 2.47 bits per heavy atom. The first-order valence-electron chi connectivity index (χ1n) is 4.91. The summed E-state index contributed by atoms with van der Waals surface area (Å²) in [6, 6.07) is 4.53. The SMILES string of the molecule is CC(C)(NC(=O)c1cc(Cl)ccc1N)C(N)=O. The van der Waals surface area contributed by atoms with Gasteiger partial charge < -0.3 is 16.8 Å². The lowest BCUT2D eigenvalue weighted by Crippen LogP contribution is -2.53. The summed E-state index contributed by atoms with van der Waals surface area (Å²) in [7, 11) is 0. The molecule has 0 aromatic heterocycles. The monoisotopic (exact) mass is 255 g/mol. The average Bonchev–Trinajstić information content (AvgIpc) is 2.20. The Labute approximate surface area is 104 Å². The fraction of sp³-hybridized carbons (Fsp3) is 0.273. The lowest BCUT2D eigenvalue weighted by Gasteiger charge is -2.22. The van der Waals surface area contributed by atoms with E-state index < -0.39 is 17.4 Å². The number of hydrogen-bond acceptors (Lipinski definition) is 3. The van der Waals surface area contributed by atoms with Crippen LogP contribution >= 0.6 is 11.6 Å². The van der Waals surface area contributed by atoms with E-state index in [4.69, 9.17) is 23.1 Å². The number of benzene rings is 1. The van der Waals surface area contributed by atoms with E-state index in [1.807, 2.05) is 0 Å². The highest BCUT2D eigenvalue weighted by Gasteiger charge is 2.27. The lowest BCUT2D eigenvalue weighted by molar-refractivity contribution is -0.122. The number of halogens is 1. The number of nitrogen functional groups attached to an aromatic ring is 1. The molecule has 1 aromatic rings. The largest absolute Gasteiger partial charge is 0.398 e. The summed E-state index contributed by atoms with van der Waals surface area (Å²) < 4.78 is 0. The first kappa shape index (κ1) is 13.3. The van der Waals surface area contributed by atoms with Gasteiger partial charge in [0.25, 0.3) is 5.91 Å². The molecule has 5 N–H and O–H groups in total. The van der Waals surface area contributed by atoms with Gasteiger partial charge in [0.2, 0.25) is 5.91 Å². The van der Waals surface area contributed by atoms with Crippen LogP contribution in [0.25, 0.3) is 0 Å². The van der Waals surface area contributed by atoms with Crippen molar-refractivity contribution < 1.29 is 9.59 Å². The topological polar surface area (TPSA) is 98.2 Å². The summed E-state index contributed by atoms with van der Waals surface area (Å²) in [5, 5.41) is 2.88. The van der Waals surface area contributed by atoms with Gasteiger partial charge in [-0.1, -0.05) is 11.6 Å². The van der Waals surface area contributed by atoms with Gasteiger partial charge >= 0.3 is 0 Å². The van der Waals surface area contributed by atoms with Crippen molar-refractivity contribution in [3.63, 3.8) is 0 Å². The summed E-state index contributed by atoms with van der Waals surface area (Å²) in [4.78, 5) is 23.0. The minimum absolute atomic E-state index is 0.215. The zero-order chi connectivity index (χ0) is 13.2. The Morgan fingerprint density at radius 2 is 1.94 bits per heavy atom. The number of nitrogens with one attached hydrogen (secondary N) is 1.